The van der Waals surface area contributed by atoms with Crippen LogP contribution in [-0.4, -0.2) is 38.7 Å². The Morgan fingerprint density at radius 3 is 1.57 bits per heavy atom. The van der Waals surface area contributed by atoms with Crippen LogP contribution >= 0.6 is 0 Å². The fraction of sp³-hybridized carbons (Fsp3) is 0.238. The van der Waals surface area contributed by atoms with E-state index in [9.17, 15) is 10.2 Å². The van der Waals surface area contributed by atoms with E-state index in [1.165, 1.54) is 28.4 Å². The summed E-state index contributed by atoms with van der Waals surface area (Å²) in [5, 5.41) is 21.1. The molecule has 2 aromatic carbocycles. The van der Waals surface area contributed by atoms with Gasteiger partial charge in [0.2, 0.25) is 11.5 Å². The quantitative estimate of drug-likeness (QED) is 0.636. The van der Waals surface area contributed by atoms with Crippen molar-refractivity contribution in [3.63, 3.8) is 0 Å². The van der Waals surface area contributed by atoms with Crippen molar-refractivity contribution in [1.82, 2.24) is 0 Å². The second-order valence-electron chi connectivity index (χ2n) is 5.93. The predicted octanol–water partition coefficient (Wildman–Crippen LogP) is 3.91. The van der Waals surface area contributed by atoms with Gasteiger partial charge in [-0.1, -0.05) is 12.1 Å². The Hall–Kier alpha value is -3.48. The molecule has 0 aliphatic carbocycles. The first-order valence-electron chi connectivity index (χ1n) is 8.48. The minimum absolute atomic E-state index is 0.129. The van der Waals surface area contributed by atoms with Crippen LogP contribution in [0.4, 0.5) is 0 Å². The maximum absolute atomic E-state index is 10.5. The second kappa shape index (κ2) is 8.04. The molecule has 0 unspecified atom stereocenters. The van der Waals surface area contributed by atoms with E-state index in [0.717, 1.165) is 0 Å². The summed E-state index contributed by atoms with van der Waals surface area (Å²) in [6.45, 7) is 0. The smallest absolute Gasteiger partial charge is 0.201 e. The molecule has 0 aliphatic rings. The summed E-state index contributed by atoms with van der Waals surface area (Å²) >= 11 is 0. The van der Waals surface area contributed by atoms with Gasteiger partial charge in [-0.15, -0.1) is 0 Å². The number of rotatable bonds is 7. The van der Waals surface area contributed by atoms with Crippen LogP contribution in [0.15, 0.2) is 47.1 Å². The monoisotopic (exact) mass is 386 g/mol. The molecule has 0 atom stereocenters. The lowest BCUT2D eigenvalue weighted by Crippen LogP contribution is -2.07. The highest BCUT2D eigenvalue weighted by molar-refractivity contribution is 5.63. The van der Waals surface area contributed by atoms with Crippen LogP contribution < -0.4 is 18.9 Å². The average molecular weight is 386 g/mol. The third kappa shape index (κ3) is 3.15. The van der Waals surface area contributed by atoms with Gasteiger partial charge >= 0.3 is 0 Å². The minimum atomic E-state index is -0.534. The van der Waals surface area contributed by atoms with Crippen molar-refractivity contribution in [2.24, 2.45) is 0 Å². The first kappa shape index (κ1) is 19.3. The molecule has 3 aromatic rings. The van der Waals surface area contributed by atoms with Crippen LogP contribution in [0, 0.1) is 0 Å². The Labute approximate surface area is 162 Å². The molecule has 7 nitrogen and oxygen atoms in total. The number of hydrogen-bond donors (Lipinski definition) is 2. The van der Waals surface area contributed by atoms with Crippen LogP contribution in [0.2, 0.25) is 0 Å². The summed E-state index contributed by atoms with van der Waals surface area (Å²) in [5.74, 6) is 0.814. The Kier molecular flexibility index (Phi) is 5.54. The van der Waals surface area contributed by atoms with E-state index in [0.29, 0.717) is 16.9 Å². The molecule has 1 heterocycles. The van der Waals surface area contributed by atoms with E-state index in [1.54, 1.807) is 42.7 Å². The van der Waals surface area contributed by atoms with Gasteiger partial charge in [-0.3, -0.25) is 0 Å². The third-order valence-corrected chi connectivity index (χ3v) is 4.55. The van der Waals surface area contributed by atoms with Crippen LogP contribution in [-0.2, 0) is 0 Å². The van der Waals surface area contributed by atoms with Crippen LogP contribution in [0.3, 0.4) is 0 Å². The van der Waals surface area contributed by atoms with Crippen LogP contribution in [0.5, 0.6) is 34.5 Å². The number of hydrogen-bond acceptors (Lipinski definition) is 7. The molecule has 148 valence electrons. The summed E-state index contributed by atoms with van der Waals surface area (Å²) in [5.41, 5.74) is 1.22. The lowest BCUT2D eigenvalue weighted by molar-refractivity contribution is 0.331. The van der Waals surface area contributed by atoms with Crippen molar-refractivity contribution in [1.29, 1.82) is 0 Å². The minimum Gasteiger partial charge on any atom is -0.502 e. The Balaban J connectivity index is 2.30. The van der Waals surface area contributed by atoms with E-state index < -0.39 is 5.92 Å². The zero-order chi connectivity index (χ0) is 20.3. The standard InChI is InChI=1S/C21H22O7/c1-24-15-9-7-12(20(26-3)18(15)22)17(14-6-5-11-28-14)13-8-10-16(25-2)19(23)21(13)27-4/h5-11,17,22-23H,1-4H3. The fourth-order valence-electron chi connectivity index (χ4n) is 3.28. The van der Waals surface area contributed by atoms with Crippen molar-refractivity contribution in [2.45, 2.75) is 5.92 Å². The maximum Gasteiger partial charge on any atom is 0.201 e. The number of methoxy groups -OCH3 is 4. The van der Waals surface area contributed by atoms with E-state index in [-0.39, 0.29) is 34.5 Å². The Morgan fingerprint density at radius 1 is 0.714 bits per heavy atom. The van der Waals surface area contributed by atoms with Crippen LogP contribution in [0.25, 0.3) is 0 Å². The maximum atomic E-state index is 10.5. The third-order valence-electron chi connectivity index (χ3n) is 4.55. The van der Waals surface area contributed by atoms with Crippen LogP contribution in [0.1, 0.15) is 22.8 Å². The largest absolute Gasteiger partial charge is 0.502 e. The summed E-state index contributed by atoms with van der Waals surface area (Å²) in [4.78, 5) is 0. The zero-order valence-corrected chi connectivity index (χ0v) is 16.1. The van der Waals surface area contributed by atoms with Crippen molar-refractivity contribution in [3.05, 3.63) is 59.5 Å². The highest BCUT2D eigenvalue weighted by atomic mass is 16.5. The molecule has 0 aliphatic heterocycles. The highest BCUT2D eigenvalue weighted by Gasteiger charge is 2.30. The topological polar surface area (TPSA) is 90.5 Å². The van der Waals surface area contributed by atoms with Crippen molar-refractivity contribution < 1.29 is 33.6 Å². The number of phenols is 2. The lowest BCUT2D eigenvalue weighted by Gasteiger charge is -2.23. The molecular weight excluding hydrogens is 364 g/mol. The summed E-state index contributed by atoms with van der Waals surface area (Å²) in [6.07, 6.45) is 1.55. The summed E-state index contributed by atoms with van der Waals surface area (Å²) in [6, 6.07) is 10.4. The predicted molar refractivity (Wildman–Crippen MR) is 102 cm³/mol. The molecule has 0 radical (unpaired) electrons. The van der Waals surface area contributed by atoms with E-state index in [1.807, 2.05) is 0 Å². The van der Waals surface area contributed by atoms with Gasteiger partial charge < -0.3 is 33.6 Å². The average Bonchev–Trinajstić information content (AvgIpc) is 3.23. The van der Waals surface area contributed by atoms with E-state index in [2.05, 4.69) is 0 Å². The molecule has 0 spiro atoms. The van der Waals surface area contributed by atoms with Gasteiger partial charge in [-0.05, 0) is 24.3 Å². The van der Waals surface area contributed by atoms with Crippen molar-refractivity contribution in [3.8, 4) is 34.5 Å². The van der Waals surface area contributed by atoms with E-state index in [4.69, 9.17) is 23.4 Å². The lowest BCUT2D eigenvalue weighted by atomic mass is 9.87. The van der Waals surface area contributed by atoms with Crippen molar-refractivity contribution >= 4 is 0 Å². The van der Waals surface area contributed by atoms with Gasteiger partial charge in [-0.2, -0.15) is 0 Å². The second-order valence-corrected chi connectivity index (χ2v) is 5.93. The van der Waals surface area contributed by atoms with Gasteiger partial charge in [0.25, 0.3) is 0 Å². The molecule has 0 bridgehead atoms. The number of aromatic hydroxyl groups is 2. The first-order valence-corrected chi connectivity index (χ1v) is 8.48. The van der Waals surface area contributed by atoms with Gasteiger partial charge in [0, 0.05) is 11.1 Å². The number of phenolic OH excluding ortho intramolecular Hbond substituents is 2. The Bertz CT molecular complexity index is 886. The molecule has 1 aromatic heterocycles. The SMILES string of the molecule is COc1ccc(C(c2ccco2)c2ccc(OC)c(O)c2OC)c(OC)c1O. The highest BCUT2D eigenvalue weighted by Crippen LogP contribution is 2.50. The first-order chi connectivity index (χ1) is 13.6. The zero-order valence-electron chi connectivity index (χ0n) is 16.1. The number of ether oxygens (including phenoxy) is 4. The molecule has 0 fully saturated rings. The van der Waals surface area contributed by atoms with Gasteiger partial charge in [0.15, 0.2) is 23.0 Å². The van der Waals surface area contributed by atoms with Gasteiger partial charge in [0.1, 0.15) is 5.76 Å². The number of benzene rings is 2. The number of furan rings is 1. The fourth-order valence-corrected chi connectivity index (χ4v) is 3.28. The Morgan fingerprint density at radius 2 is 1.21 bits per heavy atom. The molecular formula is C21H22O7. The van der Waals surface area contributed by atoms with Crippen molar-refractivity contribution in [2.75, 3.05) is 28.4 Å². The molecule has 0 saturated heterocycles. The van der Waals surface area contributed by atoms with Gasteiger partial charge in [0.05, 0.1) is 40.6 Å². The van der Waals surface area contributed by atoms with Gasteiger partial charge in [-0.25, -0.2) is 0 Å². The normalized spacial score (nSPS) is 10.8. The van der Waals surface area contributed by atoms with E-state index >= 15 is 0 Å². The summed E-state index contributed by atoms with van der Waals surface area (Å²) in [7, 11) is 5.84. The molecule has 28 heavy (non-hydrogen) atoms. The summed E-state index contributed by atoms with van der Waals surface area (Å²) < 4.78 is 27.0. The molecule has 0 saturated carbocycles. The molecule has 3 rings (SSSR count). The molecule has 2 N–H and O–H groups in total. The molecule has 7 heteroatoms. The molecule has 0 amide bonds.